The van der Waals surface area contributed by atoms with Gasteiger partial charge in [-0.05, 0) is 29.8 Å². The van der Waals surface area contributed by atoms with Crippen molar-refractivity contribution in [1.29, 1.82) is 0 Å². The molecule has 3 rings (SSSR count). The molecule has 0 saturated carbocycles. The number of benzene rings is 1. The number of hydrogen-bond acceptors (Lipinski definition) is 5. The van der Waals surface area contributed by atoms with E-state index < -0.39 is 0 Å². The lowest BCUT2D eigenvalue weighted by Gasteiger charge is -2.07. The van der Waals surface area contributed by atoms with Crippen molar-refractivity contribution >= 4 is 6.03 Å². The second-order valence-corrected chi connectivity index (χ2v) is 5.24. The second kappa shape index (κ2) is 7.91. The van der Waals surface area contributed by atoms with Crippen LogP contribution in [0.15, 0.2) is 55.0 Å². The number of nitrogens with zero attached hydrogens (tertiary/aromatic N) is 4. The normalized spacial score (nSPS) is 10.3. The summed E-state index contributed by atoms with van der Waals surface area (Å²) >= 11 is 0. The van der Waals surface area contributed by atoms with Gasteiger partial charge in [0.15, 0.2) is 0 Å². The maximum absolute atomic E-state index is 11.9. The molecule has 8 heteroatoms. The minimum absolute atomic E-state index is 0.269. The average Bonchev–Trinajstić information content (AvgIpc) is 3.15. The molecule has 25 heavy (non-hydrogen) atoms. The van der Waals surface area contributed by atoms with Gasteiger partial charge in [-0.3, -0.25) is 4.98 Å². The molecule has 0 radical (unpaired) electrons. The highest BCUT2D eigenvalue weighted by Gasteiger charge is 2.05. The van der Waals surface area contributed by atoms with Gasteiger partial charge in [-0.2, -0.15) is 0 Å². The molecule has 0 atom stereocenters. The molecule has 1 aromatic carbocycles. The van der Waals surface area contributed by atoms with Gasteiger partial charge in [0, 0.05) is 18.9 Å². The van der Waals surface area contributed by atoms with Crippen LogP contribution in [0.3, 0.4) is 0 Å². The first-order valence-corrected chi connectivity index (χ1v) is 7.71. The SMILES string of the molecule is COc1ccc(CNC(=O)NCc2cn(-c3ccncc3)nn2)cc1. The molecule has 0 saturated heterocycles. The Bertz CT molecular complexity index is 817. The van der Waals surface area contributed by atoms with Crippen LogP contribution in [0.5, 0.6) is 5.75 Å². The lowest BCUT2D eigenvalue weighted by molar-refractivity contribution is 0.240. The highest BCUT2D eigenvalue weighted by Crippen LogP contribution is 2.10. The van der Waals surface area contributed by atoms with Crippen LogP contribution in [0.1, 0.15) is 11.3 Å². The Morgan fingerprint density at radius 3 is 2.52 bits per heavy atom. The Morgan fingerprint density at radius 1 is 1.08 bits per heavy atom. The third-order valence-corrected chi connectivity index (χ3v) is 3.51. The molecule has 2 amide bonds. The Kier molecular flexibility index (Phi) is 5.20. The van der Waals surface area contributed by atoms with Crippen LogP contribution in [-0.2, 0) is 13.1 Å². The van der Waals surface area contributed by atoms with Crippen LogP contribution >= 0.6 is 0 Å². The van der Waals surface area contributed by atoms with E-state index in [0.717, 1.165) is 17.0 Å². The number of nitrogens with one attached hydrogen (secondary N) is 2. The van der Waals surface area contributed by atoms with E-state index in [1.165, 1.54) is 0 Å². The van der Waals surface area contributed by atoms with Crippen molar-refractivity contribution in [3.8, 4) is 11.4 Å². The number of urea groups is 1. The number of pyridine rings is 1. The first-order valence-electron chi connectivity index (χ1n) is 7.71. The molecule has 8 nitrogen and oxygen atoms in total. The Hall–Kier alpha value is -3.42. The number of hydrogen-bond donors (Lipinski definition) is 2. The molecular weight excluding hydrogens is 320 g/mol. The van der Waals surface area contributed by atoms with Crippen LogP contribution in [0.2, 0.25) is 0 Å². The summed E-state index contributed by atoms with van der Waals surface area (Å²) in [5.41, 5.74) is 2.51. The van der Waals surface area contributed by atoms with Crippen LogP contribution < -0.4 is 15.4 Å². The van der Waals surface area contributed by atoms with Gasteiger partial charge in [0.1, 0.15) is 11.4 Å². The molecule has 2 N–H and O–H groups in total. The zero-order valence-electron chi connectivity index (χ0n) is 13.7. The van der Waals surface area contributed by atoms with Crippen LogP contribution in [0, 0.1) is 0 Å². The summed E-state index contributed by atoms with van der Waals surface area (Å²) in [6.45, 7) is 0.721. The van der Waals surface area contributed by atoms with Gasteiger partial charge in [0.2, 0.25) is 0 Å². The molecule has 0 unspecified atom stereocenters. The summed E-state index contributed by atoms with van der Waals surface area (Å²) < 4.78 is 6.73. The van der Waals surface area contributed by atoms with Crippen molar-refractivity contribution in [2.45, 2.75) is 13.1 Å². The fraction of sp³-hybridized carbons (Fsp3) is 0.176. The van der Waals surface area contributed by atoms with E-state index in [1.807, 2.05) is 36.4 Å². The van der Waals surface area contributed by atoms with E-state index >= 15 is 0 Å². The summed E-state index contributed by atoms with van der Waals surface area (Å²) in [5, 5.41) is 13.6. The predicted molar refractivity (Wildman–Crippen MR) is 91.2 cm³/mol. The molecule has 128 valence electrons. The first kappa shape index (κ1) is 16.4. The van der Waals surface area contributed by atoms with Crippen molar-refractivity contribution in [3.05, 3.63) is 66.2 Å². The summed E-state index contributed by atoms with van der Waals surface area (Å²) in [7, 11) is 1.62. The van der Waals surface area contributed by atoms with Crippen molar-refractivity contribution in [2.24, 2.45) is 0 Å². The maximum Gasteiger partial charge on any atom is 0.315 e. The highest BCUT2D eigenvalue weighted by atomic mass is 16.5. The van der Waals surface area contributed by atoms with Gasteiger partial charge >= 0.3 is 6.03 Å². The molecule has 0 spiro atoms. The summed E-state index contributed by atoms with van der Waals surface area (Å²) in [6, 6.07) is 10.9. The molecule has 3 aromatic rings. The number of amides is 2. The zero-order chi connectivity index (χ0) is 17.5. The number of carbonyl (C=O) groups excluding carboxylic acids is 1. The van der Waals surface area contributed by atoms with Crippen LogP contribution in [0.25, 0.3) is 5.69 Å². The standard InChI is InChI=1S/C17H18N6O2/c1-25-16-4-2-13(3-5-16)10-19-17(24)20-11-14-12-23(22-21-14)15-6-8-18-9-7-15/h2-9,12H,10-11H2,1H3,(H2,19,20,24). The Labute approximate surface area is 144 Å². The lowest BCUT2D eigenvalue weighted by atomic mass is 10.2. The largest absolute Gasteiger partial charge is 0.497 e. The fourth-order valence-electron chi connectivity index (χ4n) is 2.16. The zero-order valence-corrected chi connectivity index (χ0v) is 13.7. The smallest absolute Gasteiger partial charge is 0.315 e. The molecule has 2 aromatic heterocycles. The minimum Gasteiger partial charge on any atom is -0.497 e. The fourth-order valence-corrected chi connectivity index (χ4v) is 2.16. The molecule has 2 heterocycles. The Morgan fingerprint density at radius 2 is 1.80 bits per heavy atom. The van der Waals surface area contributed by atoms with E-state index in [1.54, 1.807) is 30.4 Å². The van der Waals surface area contributed by atoms with E-state index in [4.69, 9.17) is 4.74 Å². The van der Waals surface area contributed by atoms with E-state index in [2.05, 4.69) is 25.9 Å². The topological polar surface area (TPSA) is 94.0 Å². The monoisotopic (exact) mass is 338 g/mol. The van der Waals surface area contributed by atoms with Gasteiger partial charge in [0.25, 0.3) is 0 Å². The minimum atomic E-state index is -0.269. The molecule has 0 aliphatic carbocycles. The molecule has 0 aliphatic rings. The molecular formula is C17H18N6O2. The number of rotatable bonds is 6. The van der Waals surface area contributed by atoms with E-state index in [9.17, 15) is 4.79 Å². The van der Waals surface area contributed by atoms with Crippen LogP contribution in [0.4, 0.5) is 4.79 Å². The predicted octanol–water partition coefficient (Wildman–Crippen LogP) is 1.67. The van der Waals surface area contributed by atoms with Gasteiger partial charge in [0.05, 0.1) is 25.5 Å². The number of aromatic nitrogens is 4. The van der Waals surface area contributed by atoms with Crippen molar-refractivity contribution in [1.82, 2.24) is 30.6 Å². The van der Waals surface area contributed by atoms with Crippen molar-refractivity contribution in [3.63, 3.8) is 0 Å². The third kappa shape index (κ3) is 4.54. The summed E-state index contributed by atoms with van der Waals surface area (Å²) in [4.78, 5) is 15.8. The van der Waals surface area contributed by atoms with Crippen LogP contribution in [-0.4, -0.2) is 33.1 Å². The number of methoxy groups -OCH3 is 1. The van der Waals surface area contributed by atoms with E-state index in [0.29, 0.717) is 18.8 Å². The van der Waals surface area contributed by atoms with E-state index in [-0.39, 0.29) is 6.03 Å². The first-order chi connectivity index (χ1) is 12.2. The van der Waals surface area contributed by atoms with Crippen molar-refractivity contribution in [2.75, 3.05) is 7.11 Å². The van der Waals surface area contributed by atoms with Gasteiger partial charge in [-0.25, -0.2) is 9.48 Å². The third-order valence-electron chi connectivity index (χ3n) is 3.51. The van der Waals surface area contributed by atoms with Gasteiger partial charge < -0.3 is 15.4 Å². The molecule has 0 bridgehead atoms. The number of ether oxygens (including phenoxy) is 1. The maximum atomic E-state index is 11.9. The lowest BCUT2D eigenvalue weighted by Crippen LogP contribution is -2.34. The van der Waals surface area contributed by atoms with Gasteiger partial charge in [-0.1, -0.05) is 17.3 Å². The molecule has 0 fully saturated rings. The average molecular weight is 338 g/mol. The highest BCUT2D eigenvalue weighted by molar-refractivity contribution is 5.73. The molecule has 0 aliphatic heterocycles. The Balaban J connectivity index is 1.46. The van der Waals surface area contributed by atoms with Gasteiger partial charge in [-0.15, -0.1) is 5.10 Å². The second-order valence-electron chi connectivity index (χ2n) is 5.24. The number of carbonyl (C=O) groups is 1. The van der Waals surface area contributed by atoms with Crippen molar-refractivity contribution < 1.29 is 9.53 Å². The quantitative estimate of drug-likeness (QED) is 0.713. The summed E-state index contributed by atoms with van der Waals surface area (Å²) in [5.74, 6) is 0.783. The summed E-state index contributed by atoms with van der Waals surface area (Å²) in [6.07, 6.45) is 5.13.